The van der Waals surface area contributed by atoms with Crippen LogP contribution in [0, 0.1) is 0 Å². The van der Waals surface area contributed by atoms with E-state index in [1.54, 1.807) is 0 Å². The van der Waals surface area contributed by atoms with Gasteiger partial charge in [-0.15, -0.1) is 0 Å². The van der Waals surface area contributed by atoms with Crippen molar-refractivity contribution in [3.63, 3.8) is 0 Å². The molecular formula is C10H22N2O3. The summed E-state index contributed by atoms with van der Waals surface area (Å²) in [6.07, 6.45) is 2.04. The summed E-state index contributed by atoms with van der Waals surface area (Å²) < 4.78 is 0. The molecule has 0 heterocycles. The highest BCUT2D eigenvalue weighted by atomic mass is 16.4. The third-order valence-electron chi connectivity index (χ3n) is 2.14. The largest absolute Gasteiger partial charge is 0.479 e. The molecule has 5 heteroatoms. The zero-order valence-corrected chi connectivity index (χ0v) is 9.79. The van der Waals surface area contributed by atoms with Crippen molar-refractivity contribution in [2.75, 3.05) is 33.7 Å². The van der Waals surface area contributed by atoms with Gasteiger partial charge in [0.1, 0.15) is 0 Å². The van der Waals surface area contributed by atoms with Gasteiger partial charge in [0.05, 0.1) is 0 Å². The molecule has 5 nitrogen and oxygen atoms in total. The number of rotatable bonds is 8. The summed E-state index contributed by atoms with van der Waals surface area (Å²) in [5.41, 5.74) is -1.67. The van der Waals surface area contributed by atoms with Crippen LogP contribution in [0.5, 0.6) is 0 Å². The first kappa shape index (κ1) is 14.3. The molecule has 0 radical (unpaired) electrons. The van der Waals surface area contributed by atoms with Gasteiger partial charge in [0.25, 0.3) is 0 Å². The predicted molar refractivity (Wildman–Crippen MR) is 58.9 cm³/mol. The molecule has 1 unspecified atom stereocenters. The molecule has 15 heavy (non-hydrogen) atoms. The van der Waals surface area contributed by atoms with Crippen molar-refractivity contribution in [3.8, 4) is 0 Å². The average molecular weight is 218 g/mol. The SMILES string of the molecule is CN(C)CCCCNCC(C)(O)C(=O)O. The Labute approximate surface area is 91.1 Å². The first-order chi connectivity index (χ1) is 6.86. The molecule has 0 fully saturated rings. The number of hydrogen-bond acceptors (Lipinski definition) is 4. The summed E-state index contributed by atoms with van der Waals surface area (Å²) >= 11 is 0. The molecule has 0 spiro atoms. The minimum Gasteiger partial charge on any atom is -0.479 e. The van der Waals surface area contributed by atoms with Crippen LogP contribution >= 0.6 is 0 Å². The van der Waals surface area contributed by atoms with Gasteiger partial charge in [0.15, 0.2) is 5.60 Å². The Hall–Kier alpha value is -0.650. The Kier molecular flexibility index (Phi) is 6.47. The maximum absolute atomic E-state index is 10.5. The quantitative estimate of drug-likeness (QED) is 0.490. The molecule has 0 amide bonds. The fourth-order valence-corrected chi connectivity index (χ4v) is 1.09. The highest BCUT2D eigenvalue weighted by Crippen LogP contribution is 2.00. The van der Waals surface area contributed by atoms with Crippen molar-refractivity contribution in [1.29, 1.82) is 0 Å². The normalized spacial score (nSPS) is 15.3. The molecule has 0 aliphatic rings. The van der Waals surface area contributed by atoms with E-state index < -0.39 is 11.6 Å². The fourth-order valence-electron chi connectivity index (χ4n) is 1.09. The van der Waals surface area contributed by atoms with Crippen LogP contribution in [-0.4, -0.2) is 60.4 Å². The molecule has 0 aliphatic heterocycles. The van der Waals surface area contributed by atoms with Crippen molar-refractivity contribution in [2.45, 2.75) is 25.4 Å². The fraction of sp³-hybridized carbons (Fsp3) is 0.900. The van der Waals surface area contributed by atoms with E-state index in [0.29, 0.717) is 0 Å². The van der Waals surface area contributed by atoms with Crippen LogP contribution in [0.2, 0.25) is 0 Å². The Bertz CT molecular complexity index is 193. The minimum atomic E-state index is -1.67. The lowest BCUT2D eigenvalue weighted by Gasteiger charge is -2.18. The molecule has 1 atom stereocenters. The molecule has 0 aromatic heterocycles. The topological polar surface area (TPSA) is 72.8 Å². The van der Waals surface area contributed by atoms with Gasteiger partial charge >= 0.3 is 5.97 Å². The van der Waals surface area contributed by atoms with Crippen molar-refractivity contribution < 1.29 is 15.0 Å². The van der Waals surface area contributed by atoms with Gasteiger partial charge in [-0.3, -0.25) is 0 Å². The summed E-state index contributed by atoms with van der Waals surface area (Å²) in [4.78, 5) is 12.6. The zero-order valence-electron chi connectivity index (χ0n) is 9.79. The summed E-state index contributed by atoms with van der Waals surface area (Å²) in [7, 11) is 4.03. The van der Waals surface area contributed by atoms with Gasteiger partial charge < -0.3 is 20.4 Å². The second-order valence-electron chi connectivity index (χ2n) is 4.27. The predicted octanol–water partition coefficient (Wildman–Crippen LogP) is -0.247. The van der Waals surface area contributed by atoms with Crippen molar-refractivity contribution in [3.05, 3.63) is 0 Å². The number of carboxylic acids is 1. The van der Waals surface area contributed by atoms with Crippen LogP contribution in [0.4, 0.5) is 0 Å². The second kappa shape index (κ2) is 6.76. The van der Waals surface area contributed by atoms with Crippen LogP contribution in [0.15, 0.2) is 0 Å². The van der Waals surface area contributed by atoms with Gasteiger partial charge in [-0.2, -0.15) is 0 Å². The monoisotopic (exact) mass is 218 g/mol. The molecule has 0 bridgehead atoms. The lowest BCUT2D eigenvalue weighted by molar-refractivity contribution is -0.156. The maximum atomic E-state index is 10.5. The molecule has 0 saturated heterocycles. The lowest BCUT2D eigenvalue weighted by atomic mass is 10.1. The second-order valence-corrected chi connectivity index (χ2v) is 4.27. The minimum absolute atomic E-state index is 0.0876. The maximum Gasteiger partial charge on any atom is 0.336 e. The van der Waals surface area contributed by atoms with Crippen LogP contribution in [0.25, 0.3) is 0 Å². The van der Waals surface area contributed by atoms with Crippen molar-refractivity contribution >= 4 is 5.97 Å². The molecule has 0 aromatic rings. The van der Waals surface area contributed by atoms with Gasteiger partial charge in [0.2, 0.25) is 0 Å². The molecule has 0 saturated carbocycles. The Morgan fingerprint density at radius 1 is 1.40 bits per heavy atom. The third-order valence-corrected chi connectivity index (χ3v) is 2.14. The number of nitrogens with zero attached hydrogens (tertiary/aromatic N) is 1. The number of hydrogen-bond donors (Lipinski definition) is 3. The molecule has 0 aromatic carbocycles. The van der Waals surface area contributed by atoms with Crippen LogP contribution < -0.4 is 5.32 Å². The van der Waals surface area contributed by atoms with E-state index in [0.717, 1.165) is 25.9 Å². The van der Waals surface area contributed by atoms with Gasteiger partial charge in [-0.05, 0) is 47.0 Å². The Balaban J connectivity index is 3.43. The molecular weight excluding hydrogens is 196 g/mol. The molecule has 90 valence electrons. The van der Waals surface area contributed by atoms with Gasteiger partial charge in [0, 0.05) is 6.54 Å². The Morgan fingerprint density at radius 2 is 2.00 bits per heavy atom. The standard InChI is InChI=1S/C10H22N2O3/c1-10(15,9(13)14)8-11-6-4-5-7-12(2)3/h11,15H,4-8H2,1-3H3,(H,13,14). The van der Waals surface area contributed by atoms with E-state index in [-0.39, 0.29) is 6.54 Å². The summed E-state index contributed by atoms with van der Waals surface area (Å²) in [5.74, 6) is -1.19. The number of nitrogens with one attached hydrogen (secondary N) is 1. The highest BCUT2D eigenvalue weighted by molar-refractivity contribution is 5.76. The number of aliphatic carboxylic acids is 1. The van der Waals surface area contributed by atoms with E-state index in [9.17, 15) is 9.90 Å². The lowest BCUT2D eigenvalue weighted by Crippen LogP contribution is -2.45. The van der Waals surface area contributed by atoms with Crippen LogP contribution in [0.1, 0.15) is 19.8 Å². The summed E-state index contributed by atoms with van der Waals surface area (Å²) in [6.45, 7) is 3.14. The first-order valence-electron chi connectivity index (χ1n) is 5.17. The third kappa shape index (κ3) is 7.30. The Morgan fingerprint density at radius 3 is 2.47 bits per heavy atom. The molecule has 3 N–H and O–H groups in total. The number of unbranched alkanes of at least 4 members (excludes halogenated alkanes) is 1. The summed E-state index contributed by atoms with van der Waals surface area (Å²) in [6, 6.07) is 0. The number of aliphatic hydroxyl groups is 1. The van der Waals surface area contributed by atoms with E-state index in [4.69, 9.17) is 5.11 Å². The van der Waals surface area contributed by atoms with Crippen LogP contribution in [-0.2, 0) is 4.79 Å². The zero-order chi connectivity index (χ0) is 11.9. The van der Waals surface area contributed by atoms with Crippen LogP contribution in [0.3, 0.4) is 0 Å². The van der Waals surface area contributed by atoms with Crippen molar-refractivity contribution in [1.82, 2.24) is 10.2 Å². The van der Waals surface area contributed by atoms with Crippen molar-refractivity contribution in [2.24, 2.45) is 0 Å². The number of carboxylic acid groups (broad SMARTS) is 1. The highest BCUT2D eigenvalue weighted by Gasteiger charge is 2.28. The summed E-state index contributed by atoms with van der Waals surface area (Å²) in [5, 5.41) is 20.9. The van der Waals surface area contributed by atoms with E-state index in [1.807, 2.05) is 14.1 Å². The molecule has 0 rings (SSSR count). The first-order valence-corrected chi connectivity index (χ1v) is 5.17. The number of carbonyl (C=O) groups is 1. The van der Waals surface area contributed by atoms with Gasteiger partial charge in [-0.1, -0.05) is 0 Å². The van der Waals surface area contributed by atoms with E-state index in [1.165, 1.54) is 6.92 Å². The van der Waals surface area contributed by atoms with E-state index in [2.05, 4.69) is 10.2 Å². The average Bonchev–Trinajstić information content (AvgIpc) is 2.10. The van der Waals surface area contributed by atoms with E-state index >= 15 is 0 Å². The van der Waals surface area contributed by atoms with Gasteiger partial charge in [-0.25, -0.2) is 4.79 Å². The smallest absolute Gasteiger partial charge is 0.336 e. The molecule has 0 aliphatic carbocycles.